The summed E-state index contributed by atoms with van der Waals surface area (Å²) in [6.45, 7) is 2.62. The molecule has 3 aromatic rings. The molecule has 1 saturated carbocycles. The van der Waals surface area contributed by atoms with Crippen LogP contribution in [0.3, 0.4) is 0 Å². The lowest BCUT2D eigenvalue weighted by molar-refractivity contribution is -0.121. The minimum absolute atomic E-state index is 0.00984. The first-order valence-electron chi connectivity index (χ1n) is 12.3. The highest BCUT2D eigenvalue weighted by Gasteiger charge is 2.29. The Bertz CT molecular complexity index is 1230. The van der Waals surface area contributed by atoms with E-state index in [0.29, 0.717) is 36.1 Å². The van der Waals surface area contributed by atoms with Crippen molar-refractivity contribution >= 4 is 16.8 Å². The Balaban J connectivity index is 1.28. The number of fused-ring (bicyclic) bond motifs is 1. The van der Waals surface area contributed by atoms with Gasteiger partial charge in [0.25, 0.3) is 5.56 Å². The SMILES string of the molecule is COc1cccc(C(CNC(=O)CCc2nc3ccccc3c(=O)n2C2CC2)N2CCCC2)c1. The van der Waals surface area contributed by atoms with Gasteiger partial charge < -0.3 is 10.1 Å². The topological polar surface area (TPSA) is 76.5 Å². The number of benzene rings is 2. The number of hydrogen-bond acceptors (Lipinski definition) is 5. The Kier molecular flexibility index (Phi) is 6.63. The molecular weight excluding hydrogens is 428 g/mol. The van der Waals surface area contributed by atoms with E-state index in [2.05, 4.69) is 22.3 Å². The summed E-state index contributed by atoms with van der Waals surface area (Å²) in [4.78, 5) is 33.1. The van der Waals surface area contributed by atoms with Crippen LogP contribution >= 0.6 is 0 Å². The third kappa shape index (κ3) is 4.85. The van der Waals surface area contributed by atoms with Gasteiger partial charge in [-0.15, -0.1) is 0 Å². The van der Waals surface area contributed by atoms with Crippen LogP contribution in [0.4, 0.5) is 0 Å². The second-order valence-corrected chi connectivity index (χ2v) is 9.29. The molecule has 1 amide bonds. The summed E-state index contributed by atoms with van der Waals surface area (Å²) < 4.78 is 7.23. The molecule has 0 bridgehead atoms. The monoisotopic (exact) mass is 460 g/mol. The number of likely N-dealkylation sites (tertiary alicyclic amines) is 1. The predicted molar refractivity (Wildman–Crippen MR) is 132 cm³/mol. The molecule has 1 aromatic heterocycles. The van der Waals surface area contributed by atoms with Crippen molar-refractivity contribution < 1.29 is 9.53 Å². The van der Waals surface area contributed by atoms with Gasteiger partial charge >= 0.3 is 0 Å². The number of rotatable bonds is 9. The lowest BCUT2D eigenvalue weighted by Gasteiger charge is -2.28. The summed E-state index contributed by atoms with van der Waals surface area (Å²) in [5, 5.41) is 3.79. The number of methoxy groups -OCH3 is 1. The third-order valence-corrected chi connectivity index (χ3v) is 6.92. The van der Waals surface area contributed by atoms with Crippen LogP contribution in [-0.2, 0) is 11.2 Å². The van der Waals surface area contributed by atoms with Crippen molar-refractivity contribution in [1.82, 2.24) is 19.8 Å². The van der Waals surface area contributed by atoms with Crippen molar-refractivity contribution in [3.05, 3.63) is 70.3 Å². The maximum Gasteiger partial charge on any atom is 0.261 e. The van der Waals surface area contributed by atoms with Crippen molar-refractivity contribution in [1.29, 1.82) is 0 Å². The number of carbonyl (C=O) groups is 1. The average Bonchev–Trinajstić information content (AvgIpc) is 3.56. The first-order valence-corrected chi connectivity index (χ1v) is 12.3. The molecular formula is C27H32N4O3. The van der Waals surface area contributed by atoms with Gasteiger partial charge in [-0.25, -0.2) is 4.98 Å². The summed E-state index contributed by atoms with van der Waals surface area (Å²) in [6, 6.07) is 15.9. The predicted octanol–water partition coefficient (Wildman–Crippen LogP) is 3.63. The first kappa shape index (κ1) is 22.6. The van der Waals surface area contributed by atoms with Crippen LogP contribution < -0.4 is 15.6 Å². The Morgan fingerprint density at radius 3 is 2.71 bits per heavy atom. The number of hydrogen-bond donors (Lipinski definition) is 1. The Morgan fingerprint density at radius 1 is 1.15 bits per heavy atom. The minimum Gasteiger partial charge on any atom is -0.497 e. The maximum atomic E-state index is 13.1. The summed E-state index contributed by atoms with van der Waals surface area (Å²) in [7, 11) is 1.67. The van der Waals surface area contributed by atoms with Crippen LogP contribution in [0.25, 0.3) is 10.9 Å². The van der Waals surface area contributed by atoms with Crippen LogP contribution in [0.5, 0.6) is 5.75 Å². The maximum absolute atomic E-state index is 13.1. The number of nitrogens with one attached hydrogen (secondary N) is 1. The number of nitrogens with zero attached hydrogens (tertiary/aromatic N) is 3. The molecule has 1 aliphatic heterocycles. The second-order valence-electron chi connectivity index (χ2n) is 9.29. The Labute approximate surface area is 199 Å². The van der Waals surface area contributed by atoms with E-state index in [1.807, 2.05) is 41.0 Å². The Morgan fingerprint density at radius 2 is 1.94 bits per heavy atom. The van der Waals surface area contributed by atoms with Crippen molar-refractivity contribution in [2.75, 3.05) is 26.7 Å². The van der Waals surface area contributed by atoms with Crippen molar-refractivity contribution in [2.45, 2.75) is 50.6 Å². The zero-order chi connectivity index (χ0) is 23.5. The van der Waals surface area contributed by atoms with Crippen LogP contribution in [0.15, 0.2) is 53.3 Å². The summed E-state index contributed by atoms with van der Waals surface area (Å²) in [6.07, 6.45) is 5.12. The van der Waals surface area contributed by atoms with Crippen molar-refractivity contribution in [2.24, 2.45) is 0 Å². The van der Waals surface area contributed by atoms with Gasteiger partial charge in [0.2, 0.25) is 5.91 Å². The van der Waals surface area contributed by atoms with E-state index in [-0.39, 0.29) is 23.6 Å². The molecule has 1 saturated heterocycles. The quantitative estimate of drug-likeness (QED) is 0.528. The lowest BCUT2D eigenvalue weighted by Crippen LogP contribution is -2.37. The highest BCUT2D eigenvalue weighted by Crippen LogP contribution is 2.35. The third-order valence-electron chi connectivity index (χ3n) is 6.92. The van der Waals surface area contributed by atoms with E-state index < -0.39 is 0 Å². The molecule has 7 heteroatoms. The zero-order valence-electron chi connectivity index (χ0n) is 19.7. The molecule has 1 aliphatic carbocycles. The van der Waals surface area contributed by atoms with Crippen LogP contribution in [0.2, 0.25) is 0 Å². The van der Waals surface area contributed by atoms with Crippen molar-refractivity contribution in [3.8, 4) is 5.75 Å². The highest BCUT2D eigenvalue weighted by molar-refractivity contribution is 5.78. The van der Waals surface area contributed by atoms with Gasteiger partial charge in [0.1, 0.15) is 11.6 Å². The van der Waals surface area contributed by atoms with Gasteiger partial charge in [0.15, 0.2) is 0 Å². The number of ether oxygens (including phenoxy) is 1. The van der Waals surface area contributed by atoms with E-state index in [1.165, 1.54) is 12.8 Å². The fourth-order valence-electron chi connectivity index (χ4n) is 4.96. The molecule has 2 aliphatic rings. The van der Waals surface area contributed by atoms with Gasteiger partial charge in [-0.3, -0.25) is 19.1 Å². The zero-order valence-corrected chi connectivity index (χ0v) is 19.7. The van der Waals surface area contributed by atoms with Crippen LogP contribution in [0, 0.1) is 0 Å². The minimum atomic E-state index is -0.0168. The van der Waals surface area contributed by atoms with E-state index >= 15 is 0 Å². The summed E-state index contributed by atoms with van der Waals surface area (Å²) in [5.74, 6) is 1.52. The van der Waals surface area contributed by atoms with E-state index in [4.69, 9.17) is 9.72 Å². The lowest BCUT2D eigenvalue weighted by atomic mass is 10.0. The van der Waals surface area contributed by atoms with Crippen LogP contribution in [-0.4, -0.2) is 47.1 Å². The van der Waals surface area contributed by atoms with E-state index in [1.54, 1.807) is 7.11 Å². The molecule has 2 aromatic carbocycles. The molecule has 1 unspecified atom stereocenters. The van der Waals surface area contributed by atoms with Gasteiger partial charge in [-0.1, -0.05) is 24.3 Å². The number of carbonyl (C=O) groups excluding carboxylic acids is 1. The Hall–Kier alpha value is -3.19. The molecule has 7 nitrogen and oxygen atoms in total. The van der Waals surface area contributed by atoms with Crippen LogP contribution in [0.1, 0.15) is 55.6 Å². The molecule has 0 spiro atoms. The largest absolute Gasteiger partial charge is 0.497 e. The summed E-state index contributed by atoms with van der Waals surface area (Å²) in [5.41, 5.74) is 1.86. The fraction of sp³-hybridized carbons (Fsp3) is 0.444. The fourth-order valence-corrected chi connectivity index (χ4v) is 4.96. The highest BCUT2D eigenvalue weighted by atomic mass is 16.5. The first-order chi connectivity index (χ1) is 16.6. The molecule has 0 radical (unpaired) electrons. The van der Waals surface area contributed by atoms with Gasteiger partial charge in [0, 0.05) is 25.4 Å². The average molecular weight is 461 g/mol. The molecule has 2 heterocycles. The second kappa shape index (κ2) is 9.97. The normalized spacial score (nSPS) is 17.1. The molecule has 5 rings (SSSR count). The number of amides is 1. The number of aromatic nitrogens is 2. The van der Waals surface area contributed by atoms with Gasteiger partial charge in [-0.2, -0.15) is 0 Å². The summed E-state index contributed by atoms with van der Waals surface area (Å²) >= 11 is 0. The number of para-hydroxylation sites is 1. The molecule has 34 heavy (non-hydrogen) atoms. The molecule has 1 atom stereocenters. The molecule has 2 fully saturated rings. The smallest absolute Gasteiger partial charge is 0.261 e. The van der Waals surface area contributed by atoms with Gasteiger partial charge in [0.05, 0.1) is 24.1 Å². The molecule has 1 N–H and O–H groups in total. The molecule has 178 valence electrons. The van der Waals surface area contributed by atoms with Crippen molar-refractivity contribution in [3.63, 3.8) is 0 Å². The number of aryl methyl sites for hydroxylation is 1. The standard InChI is InChI=1S/C27H32N4O3/c1-34-21-8-6-7-19(17-21)24(30-15-4-5-16-30)18-28-26(32)14-13-25-29-23-10-3-2-9-22(23)27(33)31(25)20-11-12-20/h2-3,6-10,17,20,24H,4-5,11-16,18H2,1H3,(H,28,32). The van der Waals surface area contributed by atoms with E-state index in [0.717, 1.165) is 37.2 Å². The van der Waals surface area contributed by atoms with E-state index in [9.17, 15) is 9.59 Å². The van der Waals surface area contributed by atoms with Gasteiger partial charge in [-0.05, 0) is 68.6 Å².